The van der Waals surface area contributed by atoms with Crippen molar-refractivity contribution in [2.24, 2.45) is 0 Å². The highest BCUT2D eigenvalue weighted by molar-refractivity contribution is 7.35. The van der Waals surface area contributed by atoms with Crippen LogP contribution in [0.25, 0.3) is 16.7 Å². The Kier molecular flexibility index (Phi) is 3.41. The maximum Gasteiger partial charge on any atom is 0.259 e. The lowest BCUT2D eigenvalue weighted by Gasteiger charge is -2.31. The first-order valence-electron chi connectivity index (χ1n) is 7.58. The Hall–Kier alpha value is -1.97. The number of nitrogens with zero attached hydrogens (tertiary/aromatic N) is 4. The van der Waals surface area contributed by atoms with E-state index >= 15 is 0 Å². The Balaban J connectivity index is 1.96. The van der Waals surface area contributed by atoms with Gasteiger partial charge in [0.15, 0.2) is 0 Å². The van der Waals surface area contributed by atoms with Crippen molar-refractivity contribution in [3.63, 3.8) is 0 Å². The Morgan fingerprint density at radius 2 is 2.08 bits per heavy atom. The molecule has 0 aliphatic carbocycles. The summed E-state index contributed by atoms with van der Waals surface area (Å²) in [6, 6.07) is 5.84. The molecule has 0 N–H and O–H groups in total. The van der Waals surface area contributed by atoms with Crippen molar-refractivity contribution in [3.8, 4) is 5.69 Å². The van der Waals surface area contributed by atoms with Crippen molar-refractivity contribution in [1.82, 2.24) is 19.2 Å². The van der Waals surface area contributed by atoms with Gasteiger partial charge in [-0.05, 0) is 53.0 Å². The summed E-state index contributed by atoms with van der Waals surface area (Å²) in [7, 11) is 0.387. The largest absolute Gasteiger partial charge is 0.311 e. The second-order valence-corrected chi connectivity index (χ2v) is 7.56. The Morgan fingerprint density at radius 3 is 2.83 bits per heavy atom. The van der Waals surface area contributed by atoms with Crippen molar-refractivity contribution in [2.75, 3.05) is 6.66 Å². The van der Waals surface area contributed by atoms with Crippen LogP contribution >= 0.6 is 20.3 Å². The number of hydrogen-bond donors (Lipinski definition) is 0. The molecule has 24 heavy (non-hydrogen) atoms. The maximum absolute atomic E-state index is 12.7. The molecule has 0 spiro atoms. The third-order valence-electron chi connectivity index (χ3n) is 4.56. The van der Waals surface area contributed by atoms with Gasteiger partial charge in [-0.2, -0.15) is 0 Å². The lowest BCUT2D eigenvalue weighted by atomic mass is 9.94. The molecule has 3 heterocycles. The van der Waals surface area contributed by atoms with Gasteiger partial charge in [0, 0.05) is 23.5 Å². The second-order valence-electron chi connectivity index (χ2n) is 6.26. The summed E-state index contributed by atoms with van der Waals surface area (Å²) in [4.78, 5) is 21.1. The van der Waals surface area contributed by atoms with Gasteiger partial charge in [0.25, 0.3) is 5.91 Å². The molecule has 1 aliphatic rings. The van der Waals surface area contributed by atoms with Crippen LogP contribution in [0.1, 0.15) is 29.8 Å². The van der Waals surface area contributed by atoms with Crippen LogP contribution in [0.3, 0.4) is 0 Å². The average Bonchev–Trinajstić information content (AvgIpc) is 3.05. The second kappa shape index (κ2) is 5.27. The molecule has 1 aromatic carbocycles. The van der Waals surface area contributed by atoms with Crippen LogP contribution in [0.4, 0.5) is 0 Å². The lowest BCUT2D eigenvalue weighted by molar-refractivity contribution is 0.0816. The van der Waals surface area contributed by atoms with Crippen LogP contribution in [0.15, 0.2) is 36.9 Å². The first-order chi connectivity index (χ1) is 11.4. The van der Waals surface area contributed by atoms with E-state index in [1.54, 1.807) is 6.20 Å². The summed E-state index contributed by atoms with van der Waals surface area (Å²) in [5.74, 6) is 0.00655. The Bertz CT molecular complexity index is 982. The Morgan fingerprint density at radius 1 is 1.29 bits per heavy atom. The molecular formula is C17H16ClN4OP. The van der Waals surface area contributed by atoms with E-state index in [-0.39, 0.29) is 11.4 Å². The SMILES string of the molecule is CPN1C(=O)c2c(Cl)cc(-n3ccc4cncnc43)cc2C1(C)C. The van der Waals surface area contributed by atoms with E-state index in [1.807, 2.05) is 40.3 Å². The standard InChI is InChI=1S/C17H16ClN4OP/c1-17(2)12-6-11(7-13(18)14(12)16(23)22(17)24-3)21-5-4-10-8-19-9-20-15(10)21/h4-9,24H,1-3H3. The summed E-state index contributed by atoms with van der Waals surface area (Å²) in [5.41, 5.74) is 2.91. The molecule has 0 saturated carbocycles. The molecule has 5 nitrogen and oxygen atoms in total. The van der Waals surface area contributed by atoms with E-state index in [9.17, 15) is 4.79 Å². The average molecular weight is 359 g/mol. The molecule has 2 aromatic heterocycles. The number of benzene rings is 1. The van der Waals surface area contributed by atoms with Crippen molar-refractivity contribution in [2.45, 2.75) is 19.4 Å². The van der Waals surface area contributed by atoms with E-state index in [2.05, 4.69) is 23.8 Å². The van der Waals surface area contributed by atoms with E-state index in [0.29, 0.717) is 19.3 Å². The lowest BCUT2D eigenvalue weighted by Crippen LogP contribution is -2.32. The number of carbonyl (C=O) groups excluding carboxylic acids is 1. The van der Waals surface area contributed by atoms with Crippen LogP contribution in [0.5, 0.6) is 0 Å². The van der Waals surface area contributed by atoms with E-state index in [1.165, 1.54) is 6.33 Å². The van der Waals surface area contributed by atoms with E-state index in [0.717, 1.165) is 22.3 Å². The molecule has 4 rings (SSSR count). The molecule has 0 radical (unpaired) electrons. The number of carbonyl (C=O) groups is 1. The van der Waals surface area contributed by atoms with Crippen LogP contribution in [0.2, 0.25) is 5.02 Å². The van der Waals surface area contributed by atoms with Crippen LogP contribution in [0, 0.1) is 0 Å². The van der Waals surface area contributed by atoms with Gasteiger partial charge in [0.05, 0.1) is 16.1 Å². The minimum absolute atomic E-state index is 0.00655. The van der Waals surface area contributed by atoms with Gasteiger partial charge in [0.2, 0.25) is 0 Å². The predicted octanol–water partition coefficient (Wildman–Crippen LogP) is 3.99. The van der Waals surface area contributed by atoms with Gasteiger partial charge in [-0.15, -0.1) is 0 Å². The van der Waals surface area contributed by atoms with Crippen molar-refractivity contribution in [1.29, 1.82) is 0 Å². The molecule has 0 bridgehead atoms. The van der Waals surface area contributed by atoms with E-state index in [4.69, 9.17) is 11.6 Å². The van der Waals surface area contributed by atoms with Gasteiger partial charge in [-0.25, -0.2) is 9.97 Å². The van der Waals surface area contributed by atoms with Gasteiger partial charge >= 0.3 is 0 Å². The summed E-state index contributed by atoms with van der Waals surface area (Å²) < 4.78 is 3.85. The van der Waals surface area contributed by atoms with Crippen LogP contribution < -0.4 is 0 Å². The molecule has 1 atom stereocenters. The first-order valence-corrected chi connectivity index (χ1v) is 9.41. The van der Waals surface area contributed by atoms with Gasteiger partial charge in [-0.1, -0.05) is 11.6 Å². The summed E-state index contributed by atoms with van der Waals surface area (Å²) in [6.45, 7) is 6.13. The number of amides is 1. The molecule has 0 fully saturated rings. The summed E-state index contributed by atoms with van der Waals surface area (Å²) >= 11 is 6.50. The smallest absolute Gasteiger partial charge is 0.259 e. The molecule has 3 aromatic rings. The molecule has 1 aliphatic heterocycles. The summed E-state index contributed by atoms with van der Waals surface area (Å²) in [6.07, 6.45) is 5.25. The number of hydrogen-bond acceptors (Lipinski definition) is 3. The van der Waals surface area contributed by atoms with Gasteiger partial charge < -0.3 is 9.24 Å². The normalized spacial score (nSPS) is 16.5. The van der Waals surface area contributed by atoms with Gasteiger partial charge in [-0.3, -0.25) is 4.79 Å². The third kappa shape index (κ3) is 2.01. The number of halogens is 1. The minimum atomic E-state index is -0.378. The molecule has 7 heteroatoms. The zero-order valence-corrected chi connectivity index (χ0v) is 15.3. The number of aromatic nitrogens is 3. The van der Waals surface area contributed by atoms with Crippen molar-refractivity contribution >= 4 is 37.3 Å². The quantitative estimate of drug-likeness (QED) is 0.651. The molecule has 1 amide bonds. The predicted molar refractivity (Wildman–Crippen MR) is 97.3 cm³/mol. The zero-order chi connectivity index (χ0) is 17.1. The van der Waals surface area contributed by atoms with Gasteiger partial charge in [0.1, 0.15) is 12.0 Å². The molecule has 0 saturated heterocycles. The summed E-state index contributed by atoms with van der Waals surface area (Å²) in [5, 5.41) is 1.44. The fourth-order valence-electron chi connectivity index (χ4n) is 3.39. The third-order valence-corrected chi connectivity index (χ3v) is 6.07. The molecular weight excluding hydrogens is 343 g/mol. The topological polar surface area (TPSA) is 51.0 Å². The van der Waals surface area contributed by atoms with E-state index < -0.39 is 0 Å². The molecule has 122 valence electrons. The fourth-order valence-corrected chi connectivity index (χ4v) is 4.67. The highest BCUT2D eigenvalue weighted by atomic mass is 35.5. The number of fused-ring (bicyclic) bond motifs is 2. The van der Waals surface area contributed by atoms with Crippen LogP contribution in [-0.2, 0) is 5.54 Å². The fraction of sp³-hybridized carbons (Fsp3) is 0.235. The van der Waals surface area contributed by atoms with Crippen molar-refractivity contribution < 1.29 is 4.79 Å². The maximum atomic E-state index is 12.7. The monoisotopic (exact) mass is 358 g/mol. The van der Waals surface area contributed by atoms with Crippen molar-refractivity contribution in [3.05, 3.63) is 53.1 Å². The van der Waals surface area contributed by atoms with Crippen LogP contribution in [-0.4, -0.2) is 31.8 Å². The highest BCUT2D eigenvalue weighted by Crippen LogP contribution is 2.47. The Labute approximate surface area is 146 Å². The molecule has 1 unspecified atom stereocenters. The minimum Gasteiger partial charge on any atom is -0.311 e. The highest BCUT2D eigenvalue weighted by Gasteiger charge is 2.43. The number of rotatable bonds is 2. The first kappa shape index (κ1) is 15.6. The zero-order valence-electron chi connectivity index (χ0n) is 13.5.